The Morgan fingerprint density at radius 2 is 1.83 bits per heavy atom. The molecule has 1 unspecified atom stereocenters. The van der Waals surface area contributed by atoms with Crippen LogP contribution in [0.5, 0.6) is 0 Å². The molecule has 0 saturated carbocycles. The van der Waals surface area contributed by atoms with Gasteiger partial charge in [0.15, 0.2) is 0 Å². The highest BCUT2D eigenvalue weighted by Gasteiger charge is 2.19. The number of rotatable bonds is 3. The number of benzene rings is 2. The number of hydrogen-bond acceptors (Lipinski definition) is 3. The quantitative estimate of drug-likeness (QED) is 0.806. The van der Waals surface area contributed by atoms with Crippen LogP contribution in [0.25, 0.3) is 16.8 Å². The molecule has 4 nitrogen and oxygen atoms in total. The molecule has 0 amide bonds. The Kier molecular flexibility index (Phi) is 3.90. The van der Waals surface area contributed by atoms with E-state index in [0.717, 1.165) is 24.5 Å². The van der Waals surface area contributed by atoms with Gasteiger partial charge in [0.1, 0.15) is 0 Å². The predicted molar refractivity (Wildman–Crippen MR) is 91.6 cm³/mol. The maximum absolute atomic E-state index is 4.42. The van der Waals surface area contributed by atoms with Gasteiger partial charge in [0.25, 0.3) is 0 Å². The van der Waals surface area contributed by atoms with Crippen LogP contribution in [-0.2, 0) is 0 Å². The molecule has 1 fully saturated rings. The first-order chi connectivity index (χ1) is 11.4. The molecule has 1 aliphatic rings. The average molecular weight is 304 g/mol. The molecule has 0 bridgehead atoms. The molecular weight excluding hydrogens is 284 g/mol. The maximum atomic E-state index is 4.42. The molecule has 23 heavy (non-hydrogen) atoms. The van der Waals surface area contributed by atoms with Gasteiger partial charge in [-0.2, -0.15) is 0 Å². The zero-order chi connectivity index (χ0) is 15.5. The Morgan fingerprint density at radius 3 is 2.65 bits per heavy atom. The summed E-state index contributed by atoms with van der Waals surface area (Å²) >= 11 is 0. The van der Waals surface area contributed by atoms with Gasteiger partial charge in [0.05, 0.1) is 17.6 Å². The largest absolute Gasteiger partial charge is 0.316 e. The van der Waals surface area contributed by atoms with Crippen molar-refractivity contribution in [3.63, 3.8) is 0 Å². The Labute approximate surface area is 136 Å². The lowest BCUT2D eigenvalue weighted by molar-refractivity contribution is 0.454. The molecule has 116 valence electrons. The van der Waals surface area contributed by atoms with E-state index in [0.29, 0.717) is 5.92 Å². The fraction of sp³-hybridized carbons (Fsp3) is 0.263. The topological polar surface area (TPSA) is 42.7 Å². The lowest BCUT2D eigenvalue weighted by Crippen LogP contribution is -2.28. The van der Waals surface area contributed by atoms with Gasteiger partial charge in [0.2, 0.25) is 0 Å². The molecule has 0 spiro atoms. The van der Waals surface area contributed by atoms with Crippen LogP contribution >= 0.6 is 0 Å². The summed E-state index contributed by atoms with van der Waals surface area (Å²) in [7, 11) is 0. The molecule has 2 heterocycles. The van der Waals surface area contributed by atoms with Gasteiger partial charge in [-0.25, -0.2) is 4.68 Å². The van der Waals surface area contributed by atoms with Gasteiger partial charge in [-0.3, -0.25) is 0 Å². The SMILES string of the molecule is c1ccc(-c2ccccc2-n2cc(C3CCCNC3)nn2)cc1. The fourth-order valence-corrected chi connectivity index (χ4v) is 3.22. The first-order valence-electron chi connectivity index (χ1n) is 8.19. The van der Waals surface area contributed by atoms with E-state index in [1.807, 2.05) is 16.8 Å². The van der Waals surface area contributed by atoms with Gasteiger partial charge in [-0.15, -0.1) is 5.10 Å². The smallest absolute Gasteiger partial charge is 0.0875 e. The van der Waals surface area contributed by atoms with Crippen LogP contribution in [0, 0.1) is 0 Å². The van der Waals surface area contributed by atoms with Crippen molar-refractivity contribution in [1.82, 2.24) is 20.3 Å². The number of nitrogens with zero attached hydrogens (tertiary/aromatic N) is 3. The van der Waals surface area contributed by atoms with E-state index in [1.165, 1.54) is 24.0 Å². The van der Waals surface area contributed by atoms with E-state index in [9.17, 15) is 0 Å². The molecular formula is C19H20N4. The summed E-state index contributed by atoms with van der Waals surface area (Å²) in [5.74, 6) is 0.474. The monoisotopic (exact) mass is 304 g/mol. The molecule has 1 aliphatic heterocycles. The molecule has 1 aromatic heterocycles. The van der Waals surface area contributed by atoms with Crippen molar-refractivity contribution >= 4 is 0 Å². The van der Waals surface area contributed by atoms with Crippen LogP contribution in [0.3, 0.4) is 0 Å². The van der Waals surface area contributed by atoms with E-state index in [2.05, 4.69) is 64.3 Å². The lowest BCUT2D eigenvalue weighted by Gasteiger charge is -2.20. The van der Waals surface area contributed by atoms with Gasteiger partial charge >= 0.3 is 0 Å². The van der Waals surface area contributed by atoms with Crippen LogP contribution in [0.15, 0.2) is 60.8 Å². The van der Waals surface area contributed by atoms with Gasteiger partial charge < -0.3 is 5.32 Å². The fourth-order valence-electron chi connectivity index (χ4n) is 3.22. The standard InChI is InChI=1S/C19H20N4/c1-2-7-15(8-3-1)17-10-4-5-11-19(17)23-14-18(21-22-23)16-9-6-12-20-13-16/h1-5,7-8,10-11,14,16,20H,6,9,12-13H2. The van der Waals surface area contributed by atoms with E-state index < -0.39 is 0 Å². The van der Waals surface area contributed by atoms with E-state index in [-0.39, 0.29) is 0 Å². The highest BCUT2D eigenvalue weighted by Crippen LogP contribution is 2.27. The second-order valence-corrected chi connectivity index (χ2v) is 6.01. The summed E-state index contributed by atoms with van der Waals surface area (Å²) < 4.78 is 1.91. The van der Waals surface area contributed by atoms with Crippen LogP contribution in [-0.4, -0.2) is 28.1 Å². The second-order valence-electron chi connectivity index (χ2n) is 6.01. The van der Waals surface area contributed by atoms with E-state index >= 15 is 0 Å². The zero-order valence-electron chi connectivity index (χ0n) is 13.0. The third kappa shape index (κ3) is 2.90. The molecule has 2 aromatic carbocycles. The minimum Gasteiger partial charge on any atom is -0.316 e. The van der Waals surface area contributed by atoms with Crippen molar-refractivity contribution in [2.45, 2.75) is 18.8 Å². The molecule has 4 rings (SSSR count). The van der Waals surface area contributed by atoms with Crippen molar-refractivity contribution in [3.05, 3.63) is 66.5 Å². The highest BCUT2D eigenvalue weighted by atomic mass is 15.4. The first-order valence-corrected chi connectivity index (χ1v) is 8.19. The van der Waals surface area contributed by atoms with Crippen LogP contribution < -0.4 is 5.32 Å². The summed E-state index contributed by atoms with van der Waals surface area (Å²) in [6.07, 6.45) is 4.48. The van der Waals surface area contributed by atoms with Crippen molar-refractivity contribution in [1.29, 1.82) is 0 Å². The minimum atomic E-state index is 0.474. The molecule has 0 aliphatic carbocycles. The van der Waals surface area contributed by atoms with Crippen LogP contribution in [0.4, 0.5) is 0 Å². The summed E-state index contributed by atoms with van der Waals surface area (Å²) in [5.41, 5.74) is 4.52. The summed E-state index contributed by atoms with van der Waals surface area (Å²) in [6.45, 7) is 2.11. The number of aromatic nitrogens is 3. The predicted octanol–water partition coefficient (Wildman–Crippen LogP) is 3.40. The highest BCUT2D eigenvalue weighted by molar-refractivity contribution is 5.72. The van der Waals surface area contributed by atoms with Crippen LogP contribution in [0.2, 0.25) is 0 Å². The number of para-hydroxylation sites is 1. The molecule has 1 N–H and O–H groups in total. The molecule has 1 atom stereocenters. The summed E-state index contributed by atoms with van der Waals surface area (Å²) in [5, 5.41) is 12.3. The minimum absolute atomic E-state index is 0.474. The number of nitrogens with one attached hydrogen (secondary N) is 1. The number of hydrogen-bond donors (Lipinski definition) is 1. The van der Waals surface area contributed by atoms with Crippen molar-refractivity contribution in [3.8, 4) is 16.8 Å². The van der Waals surface area contributed by atoms with E-state index in [4.69, 9.17) is 0 Å². The molecule has 0 radical (unpaired) electrons. The first kappa shape index (κ1) is 14.2. The van der Waals surface area contributed by atoms with E-state index in [1.54, 1.807) is 0 Å². The Balaban J connectivity index is 1.70. The number of piperidine rings is 1. The average Bonchev–Trinajstić information content (AvgIpc) is 3.13. The normalized spacial score (nSPS) is 18.0. The maximum Gasteiger partial charge on any atom is 0.0875 e. The molecule has 1 saturated heterocycles. The molecule has 3 aromatic rings. The lowest BCUT2D eigenvalue weighted by atomic mass is 9.97. The third-order valence-electron chi connectivity index (χ3n) is 4.46. The zero-order valence-corrected chi connectivity index (χ0v) is 13.0. The Morgan fingerprint density at radius 1 is 1.00 bits per heavy atom. The van der Waals surface area contributed by atoms with Crippen molar-refractivity contribution in [2.75, 3.05) is 13.1 Å². The van der Waals surface area contributed by atoms with Crippen molar-refractivity contribution in [2.24, 2.45) is 0 Å². The molecule has 4 heteroatoms. The third-order valence-corrected chi connectivity index (χ3v) is 4.46. The second kappa shape index (κ2) is 6.34. The van der Waals surface area contributed by atoms with Crippen LogP contribution in [0.1, 0.15) is 24.5 Å². The summed E-state index contributed by atoms with van der Waals surface area (Å²) in [4.78, 5) is 0. The van der Waals surface area contributed by atoms with Crippen molar-refractivity contribution < 1.29 is 0 Å². The summed E-state index contributed by atoms with van der Waals surface area (Å²) in [6, 6.07) is 18.8. The van der Waals surface area contributed by atoms with Gasteiger partial charge in [-0.05, 0) is 31.0 Å². The van der Waals surface area contributed by atoms with Gasteiger partial charge in [-0.1, -0.05) is 53.7 Å². The Hall–Kier alpha value is -2.46. The van der Waals surface area contributed by atoms with Gasteiger partial charge in [0, 0.05) is 18.0 Å². The Bertz CT molecular complexity index is 773.